The maximum Gasteiger partial charge on any atom is 0.268 e. The zero-order valence-corrected chi connectivity index (χ0v) is 13.8. The average molecular weight is 349 g/mol. The molecular formula is C17H17ClN2O4. The first-order valence-electron chi connectivity index (χ1n) is 7.19. The highest BCUT2D eigenvalue weighted by molar-refractivity contribution is 6.30. The summed E-state index contributed by atoms with van der Waals surface area (Å²) in [5.74, 6) is -0.416. The maximum absolute atomic E-state index is 12.3. The van der Waals surface area contributed by atoms with E-state index in [-0.39, 0.29) is 5.70 Å². The van der Waals surface area contributed by atoms with E-state index in [1.54, 1.807) is 36.4 Å². The Kier molecular flexibility index (Phi) is 6.60. The molecule has 0 unspecified atom stereocenters. The second kappa shape index (κ2) is 8.90. The van der Waals surface area contributed by atoms with Crippen molar-refractivity contribution in [1.82, 2.24) is 10.6 Å². The average Bonchev–Trinajstić information content (AvgIpc) is 3.08. The van der Waals surface area contributed by atoms with Crippen molar-refractivity contribution in [3.05, 3.63) is 64.7 Å². The van der Waals surface area contributed by atoms with Crippen LogP contribution < -0.4 is 10.6 Å². The number of benzene rings is 1. The van der Waals surface area contributed by atoms with Gasteiger partial charge in [0.2, 0.25) is 0 Å². The molecule has 6 nitrogen and oxygen atoms in total. The Morgan fingerprint density at radius 1 is 1.25 bits per heavy atom. The van der Waals surface area contributed by atoms with Gasteiger partial charge in [-0.3, -0.25) is 9.59 Å². The van der Waals surface area contributed by atoms with E-state index in [0.29, 0.717) is 29.5 Å². The maximum atomic E-state index is 12.3. The summed E-state index contributed by atoms with van der Waals surface area (Å²) in [6, 6.07) is 9.72. The lowest BCUT2D eigenvalue weighted by Gasteiger charge is -2.10. The van der Waals surface area contributed by atoms with Crippen LogP contribution in [-0.2, 0) is 9.53 Å². The second-order valence-corrected chi connectivity index (χ2v) is 5.22. The fraction of sp³-hybridized carbons (Fsp3) is 0.176. The number of rotatable bonds is 7. The summed E-state index contributed by atoms with van der Waals surface area (Å²) in [4.78, 5) is 24.6. The van der Waals surface area contributed by atoms with Crippen LogP contribution in [0.2, 0.25) is 5.02 Å². The number of methoxy groups -OCH3 is 1. The summed E-state index contributed by atoms with van der Waals surface area (Å²) in [5, 5.41) is 5.76. The Balaban J connectivity index is 2.14. The van der Waals surface area contributed by atoms with Crippen LogP contribution in [0.1, 0.15) is 16.1 Å². The predicted molar refractivity (Wildman–Crippen MR) is 90.5 cm³/mol. The fourth-order valence-corrected chi connectivity index (χ4v) is 1.96. The van der Waals surface area contributed by atoms with Crippen LogP contribution in [0, 0.1) is 0 Å². The van der Waals surface area contributed by atoms with E-state index in [9.17, 15) is 9.59 Å². The van der Waals surface area contributed by atoms with Gasteiger partial charge < -0.3 is 19.8 Å². The Hall–Kier alpha value is -2.57. The van der Waals surface area contributed by atoms with Crippen molar-refractivity contribution in [3.8, 4) is 0 Å². The SMILES string of the molecule is COCCNC(=O)C(=Cc1ccco1)NC(=O)c1ccc(Cl)cc1. The largest absolute Gasteiger partial charge is 0.465 e. The molecule has 0 aliphatic carbocycles. The minimum atomic E-state index is -0.439. The van der Waals surface area contributed by atoms with Crippen LogP contribution >= 0.6 is 11.6 Å². The molecule has 7 heteroatoms. The molecular weight excluding hydrogens is 332 g/mol. The molecule has 1 heterocycles. The highest BCUT2D eigenvalue weighted by Crippen LogP contribution is 2.11. The molecule has 0 aliphatic rings. The number of carbonyl (C=O) groups is 2. The van der Waals surface area contributed by atoms with Gasteiger partial charge in [0.15, 0.2) is 0 Å². The molecule has 0 bridgehead atoms. The predicted octanol–water partition coefficient (Wildman–Crippen LogP) is 2.47. The summed E-state index contributed by atoms with van der Waals surface area (Å²) < 4.78 is 10.1. The van der Waals surface area contributed by atoms with Gasteiger partial charge in [0.1, 0.15) is 11.5 Å². The lowest BCUT2D eigenvalue weighted by Crippen LogP contribution is -2.36. The van der Waals surface area contributed by atoms with Gasteiger partial charge in [-0.2, -0.15) is 0 Å². The van der Waals surface area contributed by atoms with E-state index in [1.807, 2.05) is 0 Å². The monoisotopic (exact) mass is 348 g/mol. The van der Waals surface area contributed by atoms with Crippen LogP contribution in [0.4, 0.5) is 0 Å². The van der Waals surface area contributed by atoms with Crippen molar-refractivity contribution in [1.29, 1.82) is 0 Å². The quantitative estimate of drug-likeness (QED) is 0.595. The molecule has 0 fully saturated rings. The van der Waals surface area contributed by atoms with Gasteiger partial charge in [0.25, 0.3) is 11.8 Å². The van der Waals surface area contributed by atoms with Crippen LogP contribution in [0.25, 0.3) is 6.08 Å². The molecule has 1 aromatic carbocycles. The van der Waals surface area contributed by atoms with Gasteiger partial charge in [0, 0.05) is 30.3 Å². The molecule has 0 spiro atoms. The number of furan rings is 1. The fourth-order valence-electron chi connectivity index (χ4n) is 1.83. The van der Waals surface area contributed by atoms with E-state index in [1.165, 1.54) is 19.4 Å². The van der Waals surface area contributed by atoms with E-state index >= 15 is 0 Å². The van der Waals surface area contributed by atoms with Crippen molar-refractivity contribution in [3.63, 3.8) is 0 Å². The summed E-state index contributed by atoms with van der Waals surface area (Å²) in [6.45, 7) is 0.687. The minimum absolute atomic E-state index is 0.0704. The number of nitrogens with one attached hydrogen (secondary N) is 2. The first-order valence-corrected chi connectivity index (χ1v) is 7.57. The first-order chi connectivity index (χ1) is 11.6. The highest BCUT2D eigenvalue weighted by Gasteiger charge is 2.15. The van der Waals surface area contributed by atoms with Crippen LogP contribution in [0.3, 0.4) is 0 Å². The zero-order chi connectivity index (χ0) is 17.4. The summed E-state index contributed by atoms with van der Waals surface area (Å²) in [5.41, 5.74) is 0.454. The topological polar surface area (TPSA) is 80.6 Å². The molecule has 1 aromatic heterocycles. The summed E-state index contributed by atoms with van der Waals surface area (Å²) in [6.07, 6.45) is 2.93. The molecule has 2 aromatic rings. The molecule has 126 valence electrons. The molecule has 0 aliphatic heterocycles. The number of halogens is 1. The van der Waals surface area contributed by atoms with Gasteiger partial charge >= 0.3 is 0 Å². The Morgan fingerprint density at radius 2 is 2.00 bits per heavy atom. The van der Waals surface area contributed by atoms with Crippen LogP contribution in [-0.4, -0.2) is 32.1 Å². The van der Waals surface area contributed by atoms with Crippen molar-refractivity contribution < 1.29 is 18.7 Å². The number of hydrogen-bond donors (Lipinski definition) is 2. The van der Waals surface area contributed by atoms with Gasteiger partial charge in [-0.25, -0.2) is 0 Å². The molecule has 24 heavy (non-hydrogen) atoms. The van der Waals surface area contributed by atoms with Crippen molar-refractivity contribution >= 4 is 29.5 Å². The van der Waals surface area contributed by atoms with Gasteiger partial charge in [-0.1, -0.05) is 11.6 Å². The smallest absolute Gasteiger partial charge is 0.268 e. The lowest BCUT2D eigenvalue weighted by atomic mass is 10.2. The molecule has 0 radical (unpaired) electrons. The van der Waals surface area contributed by atoms with E-state index in [4.69, 9.17) is 20.8 Å². The van der Waals surface area contributed by atoms with Gasteiger partial charge in [-0.05, 0) is 36.4 Å². The number of ether oxygens (including phenoxy) is 1. The molecule has 0 saturated carbocycles. The van der Waals surface area contributed by atoms with Crippen molar-refractivity contribution in [2.45, 2.75) is 0 Å². The number of amides is 2. The molecule has 2 amide bonds. The molecule has 2 rings (SSSR count). The van der Waals surface area contributed by atoms with E-state index in [0.717, 1.165) is 0 Å². The Bertz CT molecular complexity index is 709. The highest BCUT2D eigenvalue weighted by atomic mass is 35.5. The lowest BCUT2D eigenvalue weighted by molar-refractivity contribution is -0.117. The van der Waals surface area contributed by atoms with Gasteiger partial charge in [0.05, 0.1) is 12.9 Å². The van der Waals surface area contributed by atoms with E-state index in [2.05, 4.69) is 10.6 Å². The number of carbonyl (C=O) groups excluding carboxylic acids is 2. The normalized spacial score (nSPS) is 11.2. The third-order valence-corrected chi connectivity index (χ3v) is 3.27. The van der Waals surface area contributed by atoms with Crippen molar-refractivity contribution in [2.24, 2.45) is 0 Å². The third-order valence-electron chi connectivity index (χ3n) is 3.02. The van der Waals surface area contributed by atoms with Crippen LogP contribution in [0.5, 0.6) is 0 Å². The molecule has 0 atom stereocenters. The Labute approximate surface area is 144 Å². The molecule has 2 N–H and O–H groups in total. The van der Waals surface area contributed by atoms with Crippen LogP contribution in [0.15, 0.2) is 52.8 Å². The number of hydrogen-bond acceptors (Lipinski definition) is 4. The second-order valence-electron chi connectivity index (χ2n) is 4.78. The van der Waals surface area contributed by atoms with Crippen molar-refractivity contribution in [2.75, 3.05) is 20.3 Å². The Morgan fingerprint density at radius 3 is 2.62 bits per heavy atom. The first kappa shape index (κ1) is 17.8. The minimum Gasteiger partial charge on any atom is -0.465 e. The summed E-state index contributed by atoms with van der Waals surface area (Å²) in [7, 11) is 1.54. The van der Waals surface area contributed by atoms with E-state index < -0.39 is 11.8 Å². The third kappa shape index (κ3) is 5.26. The molecule has 0 saturated heterocycles. The van der Waals surface area contributed by atoms with Gasteiger partial charge in [-0.15, -0.1) is 0 Å². The zero-order valence-electron chi connectivity index (χ0n) is 13.0. The standard InChI is InChI=1S/C17H17ClN2O4/c1-23-10-8-19-17(22)15(11-14-3-2-9-24-14)20-16(21)12-4-6-13(18)7-5-12/h2-7,9,11H,8,10H2,1H3,(H,19,22)(H,20,21). The summed E-state index contributed by atoms with van der Waals surface area (Å²) >= 11 is 5.81.